The van der Waals surface area contributed by atoms with Crippen LogP contribution in [0, 0.1) is 0 Å². The summed E-state index contributed by atoms with van der Waals surface area (Å²) in [6.45, 7) is 6.45. The Morgan fingerprint density at radius 3 is 2.52 bits per heavy atom. The first-order valence-electron chi connectivity index (χ1n) is 10.2. The standard InChI is InChI=1S/C19H39N3O3S.HI/c1-4-20-19(22-17(2)13-16-26(3,23)24)21-14-9-6-10-15-25-18-11-7-5-8-12-18;/h17-18H,4-16H2,1-3H3,(H2,20,21,22);1H. The number of unbranched alkanes of at least 4 members (excludes halogenated alkanes) is 2. The lowest BCUT2D eigenvalue weighted by Gasteiger charge is -2.21. The van der Waals surface area contributed by atoms with Gasteiger partial charge in [0.05, 0.1) is 11.9 Å². The SMILES string of the molecule is CCNC(=NCCCCCOC1CCCCC1)NC(C)CCS(C)(=O)=O.I. The van der Waals surface area contributed by atoms with Crippen LogP contribution in [0.1, 0.15) is 71.6 Å². The van der Waals surface area contributed by atoms with Gasteiger partial charge >= 0.3 is 0 Å². The molecule has 162 valence electrons. The minimum atomic E-state index is -2.92. The minimum absolute atomic E-state index is 0. The van der Waals surface area contributed by atoms with Crippen molar-refractivity contribution in [2.75, 3.05) is 31.7 Å². The minimum Gasteiger partial charge on any atom is -0.378 e. The molecule has 6 nitrogen and oxygen atoms in total. The van der Waals surface area contributed by atoms with Gasteiger partial charge in [-0.15, -0.1) is 24.0 Å². The molecule has 1 unspecified atom stereocenters. The second-order valence-electron chi connectivity index (χ2n) is 7.42. The molecule has 0 aromatic carbocycles. The lowest BCUT2D eigenvalue weighted by Crippen LogP contribution is -2.42. The Balaban J connectivity index is 0.00000676. The summed E-state index contributed by atoms with van der Waals surface area (Å²) < 4.78 is 28.5. The van der Waals surface area contributed by atoms with E-state index in [1.807, 2.05) is 13.8 Å². The first-order chi connectivity index (χ1) is 12.4. The number of guanidine groups is 1. The van der Waals surface area contributed by atoms with Crippen LogP contribution < -0.4 is 10.6 Å². The van der Waals surface area contributed by atoms with Gasteiger partial charge in [-0.3, -0.25) is 4.99 Å². The molecule has 1 aliphatic rings. The maximum atomic E-state index is 11.3. The predicted molar refractivity (Wildman–Crippen MR) is 125 cm³/mol. The van der Waals surface area contributed by atoms with Crippen LogP contribution in [0.4, 0.5) is 0 Å². The van der Waals surface area contributed by atoms with Crippen LogP contribution >= 0.6 is 24.0 Å². The van der Waals surface area contributed by atoms with Crippen molar-refractivity contribution in [3.05, 3.63) is 0 Å². The van der Waals surface area contributed by atoms with Crippen LogP contribution in [0.2, 0.25) is 0 Å². The van der Waals surface area contributed by atoms with Gasteiger partial charge in [0, 0.05) is 32.0 Å². The Kier molecular flexibility index (Phi) is 15.7. The van der Waals surface area contributed by atoms with Gasteiger partial charge in [0.2, 0.25) is 0 Å². The predicted octanol–water partition coefficient (Wildman–Crippen LogP) is 3.50. The first kappa shape index (κ1) is 26.9. The maximum absolute atomic E-state index is 11.3. The van der Waals surface area contributed by atoms with Crippen LogP contribution in [0.15, 0.2) is 4.99 Å². The zero-order chi connectivity index (χ0) is 19.3. The summed E-state index contributed by atoms with van der Waals surface area (Å²) in [5, 5.41) is 6.51. The number of hydrogen-bond donors (Lipinski definition) is 2. The normalized spacial score (nSPS) is 17.2. The van der Waals surface area contributed by atoms with E-state index in [0.717, 1.165) is 44.9 Å². The van der Waals surface area contributed by atoms with Crippen LogP contribution in [-0.2, 0) is 14.6 Å². The van der Waals surface area contributed by atoms with Crippen molar-refractivity contribution in [3.8, 4) is 0 Å². The Morgan fingerprint density at radius 1 is 1.19 bits per heavy atom. The summed E-state index contributed by atoms with van der Waals surface area (Å²) in [5.41, 5.74) is 0. The van der Waals surface area contributed by atoms with Crippen molar-refractivity contribution >= 4 is 39.8 Å². The summed E-state index contributed by atoms with van der Waals surface area (Å²) in [5.74, 6) is 0.966. The molecule has 0 bridgehead atoms. The summed E-state index contributed by atoms with van der Waals surface area (Å²) in [6.07, 6.45) is 12.1. The smallest absolute Gasteiger partial charge is 0.191 e. The second-order valence-corrected chi connectivity index (χ2v) is 9.68. The van der Waals surface area contributed by atoms with E-state index in [1.165, 1.54) is 38.4 Å². The Labute approximate surface area is 183 Å². The highest BCUT2D eigenvalue weighted by Crippen LogP contribution is 2.20. The molecule has 1 fully saturated rings. The molecule has 0 aliphatic heterocycles. The maximum Gasteiger partial charge on any atom is 0.191 e. The van der Waals surface area contributed by atoms with Gasteiger partial charge in [-0.05, 0) is 52.4 Å². The molecular formula is C19H40IN3O3S. The van der Waals surface area contributed by atoms with Crippen LogP contribution in [0.25, 0.3) is 0 Å². The Bertz CT molecular complexity index is 494. The Hall–Kier alpha value is -0.0900. The highest BCUT2D eigenvalue weighted by molar-refractivity contribution is 14.0. The lowest BCUT2D eigenvalue weighted by molar-refractivity contribution is 0.0264. The number of ether oxygens (including phenoxy) is 1. The second kappa shape index (κ2) is 15.8. The van der Waals surface area contributed by atoms with Gasteiger partial charge in [-0.1, -0.05) is 19.3 Å². The van der Waals surface area contributed by atoms with E-state index in [1.54, 1.807) is 0 Å². The number of halogens is 1. The number of rotatable bonds is 12. The van der Waals surface area contributed by atoms with E-state index in [9.17, 15) is 8.42 Å². The zero-order valence-corrected chi connectivity index (χ0v) is 20.5. The van der Waals surface area contributed by atoms with Crippen molar-refractivity contribution < 1.29 is 13.2 Å². The molecule has 0 aromatic rings. The summed E-state index contributed by atoms with van der Waals surface area (Å²) in [4.78, 5) is 4.59. The first-order valence-corrected chi connectivity index (χ1v) is 12.3. The molecular weight excluding hydrogens is 477 g/mol. The molecule has 27 heavy (non-hydrogen) atoms. The molecule has 0 spiro atoms. The van der Waals surface area contributed by atoms with Crippen molar-refractivity contribution in [1.82, 2.24) is 10.6 Å². The third-order valence-electron chi connectivity index (χ3n) is 4.63. The van der Waals surface area contributed by atoms with Crippen molar-refractivity contribution in [2.24, 2.45) is 4.99 Å². The molecule has 1 saturated carbocycles. The number of nitrogens with one attached hydrogen (secondary N) is 2. The summed E-state index contributed by atoms with van der Waals surface area (Å²) >= 11 is 0. The number of aliphatic imine (C=N–C) groups is 1. The fourth-order valence-corrected chi connectivity index (χ4v) is 3.86. The highest BCUT2D eigenvalue weighted by atomic mass is 127. The molecule has 0 amide bonds. The average molecular weight is 518 g/mol. The third kappa shape index (κ3) is 15.5. The van der Waals surface area contributed by atoms with Gasteiger partial charge in [0.25, 0.3) is 0 Å². The topological polar surface area (TPSA) is 79.8 Å². The van der Waals surface area contributed by atoms with Crippen molar-refractivity contribution in [1.29, 1.82) is 0 Å². The van der Waals surface area contributed by atoms with Crippen molar-refractivity contribution in [2.45, 2.75) is 83.8 Å². The Morgan fingerprint density at radius 2 is 1.89 bits per heavy atom. The summed E-state index contributed by atoms with van der Waals surface area (Å²) in [7, 11) is -2.92. The number of hydrogen-bond acceptors (Lipinski definition) is 4. The van der Waals surface area contributed by atoms with E-state index in [4.69, 9.17) is 4.74 Å². The molecule has 0 heterocycles. The van der Waals surface area contributed by atoms with Crippen LogP contribution in [-0.4, -0.2) is 58.2 Å². The van der Waals surface area contributed by atoms with Crippen LogP contribution in [0.5, 0.6) is 0 Å². The van der Waals surface area contributed by atoms with E-state index < -0.39 is 9.84 Å². The van der Waals surface area contributed by atoms with Gasteiger partial charge in [0.15, 0.2) is 5.96 Å². The molecule has 1 aliphatic carbocycles. The molecule has 0 radical (unpaired) electrons. The van der Waals surface area contributed by atoms with Gasteiger partial charge in [-0.25, -0.2) is 8.42 Å². The molecule has 1 rings (SSSR count). The van der Waals surface area contributed by atoms with Gasteiger partial charge in [-0.2, -0.15) is 0 Å². The molecule has 1 atom stereocenters. The molecule has 2 N–H and O–H groups in total. The highest BCUT2D eigenvalue weighted by Gasteiger charge is 2.13. The molecule has 8 heteroatoms. The lowest BCUT2D eigenvalue weighted by atomic mass is 9.98. The van der Waals surface area contributed by atoms with E-state index >= 15 is 0 Å². The zero-order valence-electron chi connectivity index (χ0n) is 17.3. The van der Waals surface area contributed by atoms with E-state index in [-0.39, 0.29) is 35.8 Å². The van der Waals surface area contributed by atoms with E-state index in [0.29, 0.717) is 12.5 Å². The van der Waals surface area contributed by atoms with E-state index in [2.05, 4.69) is 15.6 Å². The molecule has 0 aromatic heterocycles. The third-order valence-corrected chi connectivity index (χ3v) is 5.60. The average Bonchev–Trinajstić information content (AvgIpc) is 2.59. The number of sulfone groups is 1. The fourth-order valence-electron chi connectivity index (χ4n) is 3.08. The summed E-state index contributed by atoms with van der Waals surface area (Å²) in [6, 6.07) is 0.0754. The monoisotopic (exact) mass is 517 g/mol. The fraction of sp³-hybridized carbons (Fsp3) is 0.947. The quantitative estimate of drug-likeness (QED) is 0.179. The van der Waals surface area contributed by atoms with Gasteiger partial charge < -0.3 is 15.4 Å². The van der Waals surface area contributed by atoms with Crippen LogP contribution in [0.3, 0.4) is 0 Å². The largest absolute Gasteiger partial charge is 0.378 e. The number of nitrogens with zero attached hydrogens (tertiary/aromatic N) is 1. The van der Waals surface area contributed by atoms with Gasteiger partial charge in [0.1, 0.15) is 9.84 Å². The molecule has 0 saturated heterocycles. The van der Waals surface area contributed by atoms with Crippen molar-refractivity contribution in [3.63, 3.8) is 0 Å².